The predicted molar refractivity (Wildman–Crippen MR) is 87.1 cm³/mol. The highest BCUT2D eigenvalue weighted by Gasteiger charge is 2.39. The number of hydrogen-bond acceptors (Lipinski definition) is 5. The van der Waals surface area contributed by atoms with E-state index in [0.717, 1.165) is 45.1 Å². The summed E-state index contributed by atoms with van der Waals surface area (Å²) in [5.74, 6) is 6.32. The van der Waals surface area contributed by atoms with Gasteiger partial charge in [0.2, 0.25) is 5.91 Å². The molecule has 0 bridgehead atoms. The maximum Gasteiger partial charge on any atom is 0.225 e. The second kappa shape index (κ2) is 6.83. The topological polar surface area (TPSA) is 56.0 Å². The normalized spacial score (nSPS) is 32.3. The van der Waals surface area contributed by atoms with Gasteiger partial charge in [0, 0.05) is 51.2 Å². The SMILES string of the molecule is CN1CCC(N2CCN(C(=O)C3CC(N(C)N)C3)CC2)CC1. The van der Waals surface area contributed by atoms with Crippen LogP contribution >= 0.6 is 0 Å². The molecule has 3 aliphatic rings. The first-order valence-electron chi connectivity index (χ1n) is 8.73. The molecular formula is C16H31N5O. The van der Waals surface area contributed by atoms with E-state index in [9.17, 15) is 4.79 Å². The average Bonchev–Trinajstić information content (AvgIpc) is 2.46. The van der Waals surface area contributed by atoms with Crippen LogP contribution in [0, 0.1) is 5.92 Å². The third-order valence-corrected chi connectivity index (χ3v) is 5.87. The van der Waals surface area contributed by atoms with Crippen LogP contribution in [0.3, 0.4) is 0 Å². The summed E-state index contributed by atoms with van der Waals surface area (Å²) in [6.45, 7) is 6.33. The second-order valence-corrected chi connectivity index (χ2v) is 7.38. The van der Waals surface area contributed by atoms with Crippen molar-refractivity contribution in [2.75, 3.05) is 53.4 Å². The minimum atomic E-state index is 0.214. The maximum atomic E-state index is 12.5. The Morgan fingerprint density at radius 1 is 1.05 bits per heavy atom. The number of rotatable bonds is 3. The van der Waals surface area contributed by atoms with Crippen LogP contribution in [0.4, 0.5) is 0 Å². The molecule has 126 valence electrons. The molecule has 0 aromatic rings. The standard InChI is InChI=1S/C16H31N5O/c1-18-5-3-14(4-6-18)20-7-9-21(10-8-20)16(22)13-11-15(12-13)19(2)17/h13-15H,3-12,17H2,1-2H3. The number of piperidine rings is 1. The van der Waals surface area contributed by atoms with Crippen LogP contribution < -0.4 is 5.84 Å². The second-order valence-electron chi connectivity index (χ2n) is 7.38. The van der Waals surface area contributed by atoms with Crippen LogP contribution in [0.2, 0.25) is 0 Å². The zero-order valence-corrected chi connectivity index (χ0v) is 14.1. The van der Waals surface area contributed by atoms with Gasteiger partial charge in [-0.25, -0.2) is 5.01 Å². The van der Waals surface area contributed by atoms with E-state index in [1.54, 1.807) is 5.01 Å². The van der Waals surface area contributed by atoms with E-state index in [-0.39, 0.29) is 5.92 Å². The summed E-state index contributed by atoms with van der Waals surface area (Å²) >= 11 is 0. The summed E-state index contributed by atoms with van der Waals surface area (Å²) in [6.07, 6.45) is 4.41. The van der Waals surface area contributed by atoms with Crippen LogP contribution in [0.15, 0.2) is 0 Å². The molecule has 1 aliphatic carbocycles. The number of carbonyl (C=O) groups is 1. The lowest BCUT2D eigenvalue weighted by Crippen LogP contribution is -2.57. The van der Waals surface area contributed by atoms with Gasteiger partial charge in [-0.2, -0.15) is 0 Å². The molecule has 3 rings (SSSR count). The highest BCUT2D eigenvalue weighted by atomic mass is 16.2. The number of hydrogen-bond donors (Lipinski definition) is 1. The summed E-state index contributed by atoms with van der Waals surface area (Å²) in [5, 5.41) is 1.75. The smallest absolute Gasteiger partial charge is 0.225 e. The molecular weight excluding hydrogens is 278 g/mol. The molecule has 6 nitrogen and oxygen atoms in total. The van der Waals surface area contributed by atoms with Crippen molar-refractivity contribution in [1.82, 2.24) is 19.7 Å². The first-order chi connectivity index (χ1) is 10.5. The minimum Gasteiger partial charge on any atom is -0.340 e. The third kappa shape index (κ3) is 3.45. The van der Waals surface area contributed by atoms with Crippen LogP contribution in [-0.2, 0) is 4.79 Å². The van der Waals surface area contributed by atoms with Crippen molar-refractivity contribution in [2.24, 2.45) is 11.8 Å². The predicted octanol–water partition coefficient (Wildman–Crippen LogP) is -0.191. The van der Waals surface area contributed by atoms with Crippen molar-refractivity contribution >= 4 is 5.91 Å². The number of likely N-dealkylation sites (tertiary alicyclic amines) is 1. The molecule has 0 radical (unpaired) electrons. The quantitative estimate of drug-likeness (QED) is 0.578. The number of carbonyl (C=O) groups excluding carboxylic acids is 1. The third-order valence-electron chi connectivity index (χ3n) is 5.87. The van der Waals surface area contributed by atoms with Gasteiger partial charge in [0.25, 0.3) is 0 Å². The lowest BCUT2D eigenvalue weighted by atomic mass is 9.79. The molecule has 2 heterocycles. The minimum absolute atomic E-state index is 0.214. The lowest BCUT2D eigenvalue weighted by molar-refractivity contribution is -0.142. The van der Waals surface area contributed by atoms with Gasteiger partial charge in [0.1, 0.15) is 0 Å². The number of piperazine rings is 1. The molecule has 2 N–H and O–H groups in total. The van der Waals surface area contributed by atoms with Gasteiger partial charge in [-0.3, -0.25) is 15.5 Å². The average molecular weight is 309 g/mol. The molecule has 1 amide bonds. The first kappa shape index (κ1) is 16.2. The van der Waals surface area contributed by atoms with Gasteiger partial charge in [0.05, 0.1) is 0 Å². The fourth-order valence-electron chi connectivity index (χ4n) is 4.05. The lowest BCUT2D eigenvalue weighted by Gasteiger charge is -2.45. The molecule has 0 atom stereocenters. The number of nitrogens with zero attached hydrogens (tertiary/aromatic N) is 4. The van der Waals surface area contributed by atoms with Crippen LogP contribution in [0.1, 0.15) is 25.7 Å². The van der Waals surface area contributed by atoms with Gasteiger partial charge in [-0.15, -0.1) is 0 Å². The molecule has 0 unspecified atom stereocenters. The zero-order chi connectivity index (χ0) is 15.7. The summed E-state index contributed by atoms with van der Waals surface area (Å²) in [4.78, 5) is 19.6. The fraction of sp³-hybridized carbons (Fsp3) is 0.938. The molecule has 2 aliphatic heterocycles. The van der Waals surface area contributed by atoms with Gasteiger partial charge < -0.3 is 9.80 Å². The van der Waals surface area contributed by atoms with Gasteiger partial charge >= 0.3 is 0 Å². The van der Waals surface area contributed by atoms with Crippen molar-refractivity contribution < 1.29 is 4.79 Å². The Balaban J connectivity index is 1.41. The Morgan fingerprint density at radius 2 is 1.64 bits per heavy atom. The number of nitrogens with two attached hydrogens (primary N) is 1. The van der Waals surface area contributed by atoms with E-state index < -0.39 is 0 Å². The highest BCUT2D eigenvalue weighted by Crippen LogP contribution is 2.32. The molecule has 0 aromatic carbocycles. The van der Waals surface area contributed by atoms with E-state index >= 15 is 0 Å². The van der Waals surface area contributed by atoms with Crippen LogP contribution in [0.5, 0.6) is 0 Å². The summed E-state index contributed by atoms with van der Waals surface area (Å²) in [6, 6.07) is 1.13. The molecule has 6 heteroatoms. The van der Waals surface area contributed by atoms with Crippen molar-refractivity contribution in [2.45, 2.75) is 37.8 Å². The summed E-state index contributed by atoms with van der Waals surface area (Å²) in [5.41, 5.74) is 0. The van der Waals surface area contributed by atoms with E-state index in [4.69, 9.17) is 5.84 Å². The van der Waals surface area contributed by atoms with Crippen LogP contribution in [0.25, 0.3) is 0 Å². The fourth-order valence-corrected chi connectivity index (χ4v) is 4.05. The molecule has 22 heavy (non-hydrogen) atoms. The van der Waals surface area contributed by atoms with E-state index in [1.807, 2.05) is 7.05 Å². The molecule has 2 saturated heterocycles. The van der Waals surface area contributed by atoms with Gasteiger partial charge in [-0.1, -0.05) is 0 Å². The highest BCUT2D eigenvalue weighted by molar-refractivity contribution is 5.80. The van der Waals surface area contributed by atoms with Crippen molar-refractivity contribution in [1.29, 1.82) is 0 Å². The van der Waals surface area contributed by atoms with Crippen molar-refractivity contribution in [3.05, 3.63) is 0 Å². The van der Waals surface area contributed by atoms with Gasteiger partial charge in [-0.05, 0) is 45.8 Å². The molecule has 3 fully saturated rings. The Bertz CT molecular complexity index is 380. The monoisotopic (exact) mass is 309 g/mol. The van der Waals surface area contributed by atoms with Crippen molar-refractivity contribution in [3.63, 3.8) is 0 Å². The van der Waals surface area contributed by atoms with E-state index in [0.29, 0.717) is 11.9 Å². The molecule has 0 spiro atoms. The van der Waals surface area contributed by atoms with E-state index in [1.165, 1.54) is 25.9 Å². The van der Waals surface area contributed by atoms with E-state index in [2.05, 4.69) is 21.7 Å². The molecule has 1 saturated carbocycles. The Labute approximate surface area is 134 Å². The number of amides is 1. The summed E-state index contributed by atoms with van der Waals surface area (Å²) < 4.78 is 0. The zero-order valence-electron chi connectivity index (χ0n) is 14.1. The Kier molecular flexibility index (Phi) is 5.02. The maximum absolute atomic E-state index is 12.5. The summed E-state index contributed by atoms with van der Waals surface area (Å²) in [7, 11) is 4.10. The first-order valence-corrected chi connectivity index (χ1v) is 8.73. The largest absolute Gasteiger partial charge is 0.340 e. The number of hydrazine groups is 1. The van der Waals surface area contributed by atoms with Crippen molar-refractivity contribution in [3.8, 4) is 0 Å². The van der Waals surface area contributed by atoms with Crippen LogP contribution in [-0.4, -0.2) is 91.1 Å². The van der Waals surface area contributed by atoms with Gasteiger partial charge in [0.15, 0.2) is 0 Å². The Hall–Kier alpha value is -0.690. The molecule has 0 aromatic heterocycles. The Morgan fingerprint density at radius 3 is 2.18 bits per heavy atom.